The zero-order chi connectivity index (χ0) is 13.4. The second-order valence-corrected chi connectivity index (χ2v) is 5.54. The van der Waals surface area contributed by atoms with Crippen LogP contribution in [0.2, 0.25) is 10.0 Å². The van der Waals surface area contributed by atoms with Crippen LogP contribution in [0.25, 0.3) is 0 Å². The number of halogens is 2. The molecule has 1 aromatic rings. The maximum absolute atomic E-state index is 5.96. The minimum atomic E-state index is -0.115. The second-order valence-electron chi connectivity index (χ2n) is 3.55. The Hall–Kier alpha value is 0.0700. The van der Waals surface area contributed by atoms with Crippen LogP contribution in [0.4, 0.5) is 0 Å². The molecule has 0 aromatic heterocycles. The van der Waals surface area contributed by atoms with E-state index in [0.717, 1.165) is 17.1 Å². The first-order valence-corrected chi connectivity index (χ1v) is 7.72. The molecule has 0 radical (unpaired) electrons. The maximum Gasteiger partial charge on any atom is 0.158 e. The Kier molecular flexibility index (Phi) is 8.11. The summed E-state index contributed by atoms with van der Waals surface area (Å²) >= 11 is 13.5. The van der Waals surface area contributed by atoms with Crippen LogP contribution in [-0.4, -0.2) is 25.3 Å². The van der Waals surface area contributed by atoms with E-state index in [2.05, 4.69) is 0 Å². The molecule has 1 aromatic carbocycles. The fourth-order valence-electron chi connectivity index (χ4n) is 1.43. The Balaban J connectivity index is 2.37. The van der Waals surface area contributed by atoms with E-state index in [0.29, 0.717) is 23.3 Å². The Morgan fingerprint density at radius 2 is 1.78 bits per heavy atom. The van der Waals surface area contributed by atoms with Gasteiger partial charge in [0.2, 0.25) is 0 Å². The van der Waals surface area contributed by atoms with Crippen LogP contribution in [0.5, 0.6) is 0 Å². The molecule has 0 N–H and O–H groups in total. The molecule has 0 amide bonds. The van der Waals surface area contributed by atoms with Crippen LogP contribution >= 0.6 is 35.0 Å². The predicted molar refractivity (Wildman–Crippen MR) is 78.8 cm³/mol. The van der Waals surface area contributed by atoms with Crippen molar-refractivity contribution in [1.82, 2.24) is 0 Å². The number of benzene rings is 1. The molecule has 2 nitrogen and oxygen atoms in total. The van der Waals surface area contributed by atoms with Crippen molar-refractivity contribution in [1.29, 1.82) is 0 Å². The van der Waals surface area contributed by atoms with Crippen LogP contribution in [0.1, 0.15) is 20.3 Å². The number of ether oxygens (including phenoxy) is 2. The Bertz CT molecular complexity index is 355. The van der Waals surface area contributed by atoms with Gasteiger partial charge < -0.3 is 9.47 Å². The zero-order valence-electron chi connectivity index (χ0n) is 10.6. The monoisotopic (exact) mass is 308 g/mol. The third-order valence-corrected chi connectivity index (χ3v) is 3.98. The molecule has 0 bridgehead atoms. The average Bonchev–Trinajstić information content (AvgIpc) is 2.34. The van der Waals surface area contributed by atoms with E-state index in [-0.39, 0.29) is 6.29 Å². The van der Waals surface area contributed by atoms with E-state index in [1.54, 1.807) is 11.8 Å². The fourth-order valence-corrected chi connectivity index (χ4v) is 2.70. The molecule has 0 unspecified atom stereocenters. The van der Waals surface area contributed by atoms with E-state index in [1.165, 1.54) is 0 Å². The van der Waals surface area contributed by atoms with Gasteiger partial charge in [0.1, 0.15) is 0 Å². The zero-order valence-corrected chi connectivity index (χ0v) is 12.9. The molecule has 0 saturated heterocycles. The lowest BCUT2D eigenvalue weighted by Crippen LogP contribution is -2.18. The topological polar surface area (TPSA) is 18.5 Å². The molecule has 0 atom stereocenters. The highest BCUT2D eigenvalue weighted by atomic mass is 35.5. The number of thioether (sulfide) groups is 1. The van der Waals surface area contributed by atoms with Gasteiger partial charge in [-0.15, -0.1) is 11.8 Å². The van der Waals surface area contributed by atoms with Crippen molar-refractivity contribution in [3.63, 3.8) is 0 Å². The smallest absolute Gasteiger partial charge is 0.158 e. The van der Waals surface area contributed by atoms with Crippen molar-refractivity contribution < 1.29 is 9.47 Å². The van der Waals surface area contributed by atoms with Gasteiger partial charge in [0.05, 0.1) is 10.0 Å². The lowest BCUT2D eigenvalue weighted by molar-refractivity contribution is -0.136. The van der Waals surface area contributed by atoms with Gasteiger partial charge >= 0.3 is 0 Å². The normalized spacial score (nSPS) is 11.2. The fraction of sp³-hybridized carbons (Fsp3) is 0.538. The van der Waals surface area contributed by atoms with Crippen LogP contribution in [0, 0.1) is 0 Å². The molecule has 102 valence electrons. The van der Waals surface area contributed by atoms with Gasteiger partial charge in [-0.25, -0.2) is 0 Å². The number of rotatable bonds is 8. The Labute approximate surface area is 123 Å². The van der Waals surface area contributed by atoms with E-state index in [9.17, 15) is 0 Å². The molecular formula is C13H18Cl2O2S. The summed E-state index contributed by atoms with van der Waals surface area (Å²) in [6.07, 6.45) is 0.738. The third-order valence-electron chi connectivity index (χ3n) is 2.22. The first-order valence-electron chi connectivity index (χ1n) is 5.98. The molecule has 0 saturated carbocycles. The van der Waals surface area contributed by atoms with Gasteiger partial charge in [0.15, 0.2) is 6.29 Å². The molecule has 18 heavy (non-hydrogen) atoms. The van der Waals surface area contributed by atoms with Gasteiger partial charge in [-0.3, -0.25) is 0 Å². The summed E-state index contributed by atoms with van der Waals surface area (Å²) < 4.78 is 11.0. The van der Waals surface area contributed by atoms with Gasteiger partial charge in [-0.1, -0.05) is 23.2 Å². The van der Waals surface area contributed by atoms with Crippen molar-refractivity contribution in [2.75, 3.05) is 19.0 Å². The summed E-state index contributed by atoms with van der Waals surface area (Å²) in [5.74, 6) is 0.919. The quantitative estimate of drug-likeness (QED) is 0.504. The van der Waals surface area contributed by atoms with Crippen LogP contribution in [0.3, 0.4) is 0 Å². The Morgan fingerprint density at radius 1 is 1.11 bits per heavy atom. The van der Waals surface area contributed by atoms with E-state index in [1.807, 2.05) is 32.0 Å². The Morgan fingerprint density at radius 3 is 2.33 bits per heavy atom. The van der Waals surface area contributed by atoms with Crippen molar-refractivity contribution in [2.45, 2.75) is 31.5 Å². The van der Waals surface area contributed by atoms with Gasteiger partial charge in [-0.2, -0.15) is 0 Å². The summed E-state index contributed by atoms with van der Waals surface area (Å²) in [6.45, 7) is 5.28. The lowest BCUT2D eigenvalue weighted by atomic mass is 10.4. The van der Waals surface area contributed by atoms with Crippen molar-refractivity contribution in [2.24, 2.45) is 0 Å². The molecule has 0 heterocycles. The third kappa shape index (κ3) is 5.81. The minimum absolute atomic E-state index is 0.115. The van der Waals surface area contributed by atoms with Gasteiger partial charge in [0, 0.05) is 30.3 Å². The molecule has 1 rings (SSSR count). The van der Waals surface area contributed by atoms with Gasteiger partial charge in [-0.05, 0) is 32.0 Å². The summed E-state index contributed by atoms with van der Waals surface area (Å²) in [6, 6.07) is 5.66. The van der Waals surface area contributed by atoms with Crippen LogP contribution < -0.4 is 0 Å². The lowest BCUT2D eigenvalue weighted by Gasteiger charge is -2.16. The highest BCUT2D eigenvalue weighted by molar-refractivity contribution is 7.99. The summed E-state index contributed by atoms with van der Waals surface area (Å²) in [7, 11) is 0. The highest BCUT2D eigenvalue weighted by Crippen LogP contribution is 2.28. The maximum atomic E-state index is 5.96. The molecule has 0 fully saturated rings. The van der Waals surface area contributed by atoms with E-state index >= 15 is 0 Å². The molecule has 0 aliphatic rings. The minimum Gasteiger partial charge on any atom is -0.353 e. The van der Waals surface area contributed by atoms with Crippen molar-refractivity contribution >= 4 is 35.0 Å². The number of hydrogen-bond acceptors (Lipinski definition) is 3. The van der Waals surface area contributed by atoms with E-state index < -0.39 is 0 Å². The number of hydrogen-bond donors (Lipinski definition) is 0. The molecule has 0 aliphatic heterocycles. The first-order chi connectivity index (χ1) is 8.67. The molecule has 0 aliphatic carbocycles. The standard InChI is InChI=1S/C13H18Cl2O2S/c1-3-16-13(17-4-2)7-8-18-10-5-6-11(14)12(15)9-10/h5-6,9,13H,3-4,7-8H2,1-2H3. The molecular weight excluding hydrogens is 291 g/mol. The second kappa shape index (κ2) is 9.05. The summed E-state index contributed by atoms with van der Waals surface area (Å²) in [5, 5.41) is 1.18. The van der Waals surface area contributed by atoms with E-state index in [4.69, 9.17) is 32.7 Å². The van der Waals surface area contributed by atoms with Crippen LogP contribution in [0.15, 0.2) is 23.1 Å². The van der Waals surface area contributed by atoms with Crippen molar-refractivity contribution in [3.05, 3.63) is 28.2 Å². The van der Waals surface area contributed by atoms with Gasteiger partial charge in [0.25, 0.3) is 0 Å². The van der Waals surface area contributed by atoms with Crippen molar-refractivity contribution in [3.8, 4) is 0 Å². The summed E-state index contributed by atoms with van der Waals surface area (Å²) in [4.78, 5) is 1.11. The largest absolute Gasteiger partial charge is 0.353 e. The summed E-state index contributed by atoms with van der Waals surface area (Å²) in [5.41, 5.74) is 0. The molecule has 0 spiro atoms. The first kappa shape index (κ1) is 16.1. The molecule has 5 heteroatoms. The SMILES string of the molecule is CCOC(CCSc1ccc(Cl)c(Cl)c1)OCC. The highest BCUT2D eigenvalue weighted by Gasteiger charge is 2.08. The predicted octanol–water partition coefficient (Wildman–Crippen LogP) is 4.87. The van der Waals surface area contributed by atoms with Crippen LogP contribution in [-0.2, 0) is 9.47 Å². The average molecular weight is 309 g/mol.